The van der Waals surface area contributed by atoms with Crippen molar-refractivity contribution in [2.45, 2.75) is 33.2 Å². The van der Waals surface area contributed by atoms with Crippen LogP contribution in [0.25, 0.3) is 0 Å². The number of aromatic nitrogens is 1. The molecule has 16 heavy (non-hydrogen) atoms. The first kappa shape index (κ1) is 12.8. The van der Waals surface area contributed by atoms with E-state index in [-0.39, 0.29) is 0 Å². The Morgan fingerprint density at radius 3 is 2.69 bits per heavy atom. The second-order valence-corrected chi connectivity index (χ2v) is 4.74. The van der Waals surface area contributed by atoms with Gasteiger partial charge in [-0.2, -0.15) is 5.26 Å². The van der Waals surface area contributed by atoms with E-state index in [1.54, 1.807) is 12.1 Å². The van der Waals surface area contributed by atoms with Crippen molar-refractivity contribution in [3.05, 3.63) is 22.8 Å². The van der Waals surface area contributed by atoms with Crippen LogP contribution in [-0.2, 0) is 0 Å². The first-order chi connectivity index (χ1) is 7.51. The average molecular weight is 238 g/mol. The van der Waals surface area contributed by atoms with Gasteiger partial charge >= 0.3 is 0 Å². The lowest BCUT2D eigenvalue weighted by Crippen LogP contribution is -2.18. The monoisotopic (exact) mass is 237 g/mol. The van der Waals surface area contributed by atoms with Crippen LogP contribution in [0.5, 0.6) is 0 Å². The third-order valence-electron chi connectivity index (χ3n) is 2.14. The summed E-state index contributed by atoms with van der Waals surface area (Å²) in [7, 11) is 0. The summed E-state index contributed by atoms with van der Waals surface area (Å²) in [6.07, 6.45) is 1.05. The van der Waals surface area contributed by atoms with Gasteiger partial charge in [0.2, 0.25) is 0 Å². The molecule has 0 fully saturated rings. The molecule has 0 aliphatic carbocycles. The highest BCUT2D eigenvalue weighted by Crippen LogP contribution is 2.16. The summed E-state index contributed by atoms with van der Waals surface area (Å²) in [5.74, 6) is 1.29. The van der Waals surface area contributed by atoms with E-state index in [1.165, 1.54) is 0 Å². The van der Waals surface area contributed by atoms with Gasteiger partial charge in [0, 0.05) is 6.04 Å². The fourth-order valence-electron chi connectivity index (χ4n) is 1.65. The molecule has 1 rings (SSSR count). The van der Waals surface area contributed by atoms with Crippen molar-refractivity contribution in [1.82, 2.24) is 4.98 Å². The van der Waals surface area contributed by atoms with Crippen molar-refractivity contribution < 1.29 is 0 Å². The zero-order chi connectivity index (χ0) is 12.1. The minimum absolute atomic E-state index is 0.317. The Morgan fingerprint density at radius 1 is 1.44 bits per heavy atom. The number of pyridine rings is 1. The van der Waals surface area contributed by atoms with Gasteiger partial charge in [0.05, 0.1) is 11.6 Å². The first-order valence-corrected chi connectivity index (χ1v) is 5.73. The normalized spacial score (nSPS) is 12.2. The molecule has 0 amide bonds. The zero-order valence-corrected chi connectivity index (χ0v) is 10.5. The standard InChI is InChI=1S/C12H16ClN3/c1-8(2)4-9(3)15-12-6-10(7-14)5-11(13)16-12/h5-6,8-9H,4H2,1-3H3,(H,15,16). The van der Waals surface area contributed by atoms with Gasteiger partial charge in [-0.3, -0.25) is 0 Å². The lowest BCUT2D eigenvalue weighted by Gasteiger charge is -2.16. The zero-order valence-electron chi connectivity index (χ0n) is 9.79. The molecule has 1 heterocycles. The number of halogens is 1. The smallest absolute Gasteiger partial charge is 0.132 e. The summed E-state index contributed by atoms with van der Waals surface area (Å²) in [4.78, 5) is 4.13. The Balaban J connectivity index is 2.74. The minimum Gasteiger partial charge on any atom is -0.368 e. The third kappa shape index (κ3) is 4.08. The lowest BCUT2D eigenvalue weighted by atomic mass is 10.1. The molecule has 1 unspecified atom stereocenters. The number of hydrogen-bond acceptors (Lipinski definition) is 3. The predicted octanol–water partition coefficient (Wildman–Crippen LogP) is 3.45. The number of nitriles is 1. The van der Waals surface area contributed by atoms with Crippen LogP contribution in [0.4, 0.5) is 5.82 Å². The Labute approximate surface area is 101 Å². The van der Waals surface area contributed by atoms with E-state index >= 15 is 0 Å². The van der Waals surface area contributed by atoms with Gasteiger partial charge in [0.1, 0.15) is 11.0 Å². The van der Waals surface area contributed by atoms with Crippen LogP contribution in [0.3, 0.4) is 0 Å². The quantitative estimate of drug-likeness (QED) is 0.816. The Hall–Kier alpha value is -1.27. The second-order valence-electron chi connectivity index (χ2n) is 4.35. The van der Waals surface area contributed by atoms with E-state index in [1.807, 2.05) is 0 Å². The van der Waals surface area contributed by atoms with Gasteiger partial charge in [-0.25, -0.2) is 4.98 Å². The SMILES string of the molecule is CC(C)CC(C)Nc1cc(C#N)cc(Cl)n1. The third-order valence-corrected chi connectivity index (χ3v) is 2.34. The van der Waals surface area contributed by atoms with Crippen LogP contribution in [0, 0.1) is 17.2 Å². The summed E-state index contributed by atoms with van der Waals surface area (Å²) in [6.45, 7) is 6.43. The summed E-state index contributed by atoms with van der Waals surface area (Å²) in [5.41, 5.74) is 0.527. The highest BCUT2D eigenvalue weighted by Gasteiger charge is 2.07. The highest BCUT2D eigenvalue weighted by molar-refractivity contribution is 6.29. The van der Waals surface area contributed by atoms with Gasteiger partial charge in [-0.1, -0.05) is 25.4 Å². The van der Waals surface area contributed by atoms with Gasteiger partial charge < -0.3 is 5.32 Å². The molecule has 0 aliphatic heterocycles. The summed E-state index contributed by atoms with van der Waals surface area (Å²) in [5, 5.41) is 12.4. The Bertz CT molecular complexity index is 396. The number of hydrogen-bond donors (Lipinski definition) is 1. The van der Waals surface area contributed by atoms with E-state index in [0.29, 0.717) is 28.5 Å². The van der Waals surface area contributed by atoms with E-state index in [9.17, 15) is 0 Å². The molecule has 1 N–H and O–H groups in total. The van der Waals surface area contributed by atoms with E-state index < -0.39 is 0 Å². The first-order valence-electron chi connectivity index (χ1n) is 5.35. The predicted molar refractivity (Wildman–Crippen MR) is 66.5 cm³/mol. The fraction of sp³-hybridized carbons (Fsp3) is 0.500. The van der Waals surface area contributed by atoms with Crippen LogP contribution in [-0.4, -0.2) is 11.0 Å². The van der Waals surface area contributed by atoms with Gasteiger partial charge in [0.15, 0.2) is 0 Å². The van der Waals surface area contributed by atoms with Gasteiger partial charge in [-0.15, -0.1) is 0 Å². The molecular weight excluding hydrogens is 222 g/mol. The van der Waals surface area contributed by atoms with E-state index in [2.05, 4.69) is 37.1 Å². The molecule has 86 valence electrons. The molecule has 0 aromatic carbocycles. The largest absolute Gasteiger partial charge is 0.368 e. The summed E-state index contributed by atoms with van der Waals surface area (Å²) < 4.78 is 0. The Kier molecular flexibility index (Phi) is 4.57. The van der Waals surface area contributed by atoms with Crippen LogP contribution in [0.1, 0.15) is 32.8 Å². The van der Waals surface area contributed by atoms with Crippen molar-refractivity contribution in [1.29, 1.82) is 5.26 Å². The molecule has 0 radical (unpaired) electrons. The van der Waals surface area contributed by atoms with Crippen LogP contribution in [0.15, 0.2) is 12.1 Å². The van der Waals surface area contributed by atoms with Crippen molar-refractivity contribution in [2.75, 3.05) is 5.32 Å². The number of nitrogens with zero attached hydrogens (tertiary/aromatic N) is 2. The second kappa shape index (κ2) is 5.72. The topological polar surface area (TPSA) is 48.7 Å². The molecule has 0 aliphatic rings. The van der Waals surface area contributed by atoms with Gasteiger partial charge in [0.25, 0.3) is 0 Å². The number of anilines is 1. The van der Waals surface area contributed by atoms with Crippen LogP contribution >= 0.6 is 11.6 Å². The molecule has 0 saturated heterocycles. The highest BCUT2D eigenvalue weighted by atomic mass is 35.5. The number of rotatable bonds is 4. The maximum absolute atomic E-state index is 8.80. The maximum atomic E-state index is 8.80. The van der Waals surface area contributed by atoms with Crippen molar-refractivity contribution >= 4 is 17.4 Å². The fourth-order valence-corrected chi connectivity index (χ4v) is 1.86. The molecule has 1 aromatic rings. The molecule has 0 saturated carbocycles. The summed E-state index contributed by atoms with van der Waals surface area (Å²) in [6, 6.07) is 5.64. The van der Waals surface area contributed by atoms with E-state index in [0.717, 1.165) is 6.42 Å². The molecule has 1 atom stereocenters. The van der Waals surface area contributed by atoms with Crippen molar-refractivity contribution in [3.63, 3.8) is 0 Å². The van der Waals surface area contributed by atoms with E-state index in [4.69, 9.17) is 16.9 Å². The lowest BCUT2D eigenvalue weighted by molar-refractivity contribution is 0.539. The average Bonchev–Trinajstić information content (AvgIpc) is 2.14. The minimum atomic E-state index is 0.317. The van der Waals surface area contributed by atoms with Crippen LogP contribution < -0.4 is 5.32 Å². The maximum Gasteiger partial charge on any atom is 0.132 e. The Morgan fingerprint density at radius 2 is 2.12 bits per heavy atom. The van der Waals surface area contributed by atoms with Gasteiger partial charge in [-0.05, 0) is 31.4 Å². The summed E-state index contributed by atoms with van der Waals surface area (Å²) >= 11 is 5.82. The molecule has 0 bridgehead atoms. The van der Waals surface area contributed by atoms with Crippen LogP contribution in [0.2, 0.25) is 5.15 Å². The van der Waals surface area contributed by atoms with Crippen molar-refractivity contribution in [3.8, 4) is 6.07 Å². The molecule has 0 spiro atoms. The van der Waals surface area contributed by atoms with Crippen molar-refractivity contribution in [2.24, 2.45) is 5.92 Å². The number of nitrogens with one attached hydrogen (secondary N) is 1. The molecule has 1 aromatic heterocycles. The molecular formula is C12H16ClN3. The molecule has 4 heteroatoms. The molecule has 3 nitrogen and oxygen atoms in total.